The smallest absolute Gasteiger partial charge is 0.441 e. The van der Waals surface area contributed by atoms with E-state index in [0.29, 0.717) is 12.1 Å². The van der Waals surface area contributed by atoms with Crippen LogP contribution in [0.15, 0.2) is 24.3 Å². The van der Waals surface area contributed by atoms with Crippen molar-refractivity contribution in [2.24, 2.45) is 0 Å². The summed E-state index contributed by atoms with van der Waals surface area (Å²) in [6.45, 7) is 8.62. The number of carbonyl (C=O) groups excluding carboxylic acids is 2. The molecule has 1 amide bonds. The van der Waals surface area contributed by atoms with Crippen LogP contribution in [0.4, 0.5) is 4.79 Å². The normalized spacial score (nSPS) is 24.8. The van der Waals surface area contributed by atoms with Crippen LogP contribution in [0.3, 0.4) is 0 Å². The van der Waals surface area contributed by atoms with Crippen LogP contribution >= 0.6 is 0 Å². The van der Waals surface area contributed by atoms with Gasteiger partial charge in [-0.15, -0.1) is 0 Å². The maximum atomic E-state index is 12.7. The highest BCUT2D eigenvalue weighted by Gasteiger charge is 2.51. The van der Waals surface area contributed by atoms with Gasteiger partial charge >= 0.3 is 13.2 Å². The fraction of sp³-hybridized carbons (Fsp3) is 0.636. The standard InChI is InChI=1S/C22H30BNO5/c1-20(2)21(3,4)29-23(28-20)17-10-8-16(9-11-17)18(25)14-24-15-22(27-19(24)26)12-6-5-7-13-22/h8-11H,5-7,12-15H2,1-4H3. The summed E-state index contributed by atoms with van der Waals surface area (Å²) >= 11 is 0. The molecule has 3 fully saturated rings. The average Bonchev–Trinajstić information content (AvgIpc) is 3.07. The largest absolute Gasteiger partial charge is 0.494 e. The average molecular weight is 399 g/mol. The van der Waals surface area contributed by atoms with Crippen LogP contribution in [0.25, 0.3) is 0 Å². The number of benzene rings is 1. The number of carbonyl (C=O) groups is 2. The summed E-state index contributed by atoms with van der Waals surface area (Å²) < 4.78 is 17.8. The molecule has 0 radical (unpaired) electrons. The molecule has 3 aliphatic rings. The summed E-state index contributed by atoms with van der Waals surface area (Å²) in [6, 6.07) is 7.28. The molecule has 29 heavy (non-hydrogen) atoms. The van der Waals surface area contributed by atoms with E-state index in [4.69, 9.17) is 14.0 Å². The second-order valence-corrected chi connectivity index (χ2v) is 9.60. The molecular weight excluding hydrogens is 369 g/mol. The number of nitrogens with zero attached hydrogens (tertiary/aromatic N) is 1. The minimum atomic E-state index is -0.455. The molecule has 0 unspecified atom stereocenters. The highest BCUT2D eigenvalue weighted by Crippen LogP contribution is 2.37. The Morgan fingerprint density at radius 2 is 1.59 bits per heavy atom. The number of ether oxygens (including phenoxy) is 1. The zero-order chi connectivity index (χ0) is 20.9. The van der Waals surface area contributed by atoms with E-state index in [1.165, 1.54) is 6.42 Å². The van der Waals surface area contributed by atoms with Gasteiger partial charge in [0, 0.05) is 5.56 Å². The second kappa shape index (κ2) is 7.13. The van der Waals surface area contributed by atoms with Crippen molar-refractivity contribution in [2.45, 2.75) is 76.6 Å². The molecule has 2 heterocycles. The lowest BCUT2D eigenvalue weighted by Crippen LogP contribution is -2.41. The Morgan fingerprint density at radius 3 is 2.17 bits per heavy atom. The van der Waals surface area contributed by atoms with E-state index in [0.717, 1.165) is 31.1 Å². The molecule has 2 aliphatic heterocycles. The van der Waals surface area contributed by atoms with E-state index in [2.05, 4.69) is 0 Å². The van der Waals surface area contributed by atoms with Crippen molar-refractivity contribution in [1.29, 1.82) is 0 Å². The Balaban J connectivity index is 1.40. The van der Waals surface area contributed by atoms with Gasteiger partial charge in [0.15, 0.2) is 5.78 Å². The van der Waals surface area contributed by atoms with Crippen molar-refractivity contribution in [3.05, 3.63) is 29.8 Å². The minimum absolute atomic E-state index is 0.0520. The molecule has 0 atom stereocenters. The lowest BCUT2D eigenvalue weighted by molar-refractivity contribution is 0.00578. The minimum Gasteiger partial charge on any atom is -0.441 e. The molecule has 1 spiro atoms. The predicted molar refractivity (Wildman–Crippen MR) is 110 cm³/mol. The van der Waals surface area contributed by atoms with E-state index in [9.17, 15) is 9.59 Å². The molecule has 156 valence electrons. The first-order valence-electron chi connectivity index (χ1n) is 10.6. The van der Waals surface area contributed by atoms with Gasteiger partial charge in [-0.3, -0.25) is 9.69 Å². The summed E-state index contributed by atoms with van der Waals surface area (Å²) in [6.07, 6.45) is 4.77. The van der Waals surface area contributed by atoms with Crippen LogP contribution in [0.2, 0.25) is 0 Å². The van der Waals surface area contributed by atoms with Crippen molar-refractivity contribution in [3.63, 3.8) is 0 Å². The fourth-order valence-electron chi connectivity index (χ4n) is 4.34. The summed E-state index contributed by atoms with van der Waals surface area (Å²) in [5.74, 6) is -0.0877. The summed E-state index contributed by atoms with van der Waals surface area (Å²) in [4.78, 5) is 26.6. The van der Waals surface area contributed by atoms with Gasteiger partial charge < -0.3 is 14.0 Å². The first-order chi connectivity index (χ1) is 13.6. The summed E-state index contributed by atoms with van der Waals surface area (Å²) in [5, 5.41) is 0. The van der Waals surface area contributed by atoms with Gasteiger partial charge in [-0.2, -0.15) is 0 Å². The van der Waals surface area contributed by atoms with Gasteiger partial charge in [0.05, 0.1) is 24.3 Å². The SMILES string of the molecule is CC1(C)OB(c2ccc(C(=O)CN3CC4(CCCCC4)OC3=O)cc2)OC1(C)C. The molecule has 6 nitrogen and oxygen atoms in total. The number of amides is 1. The number of hydrogen-bond donors (Lipinski definition) is 0. The lowest BCUT2D eigenvalue weighted by atomic mass is 9.78. The van der Waals surface area contributed by atoms with E-state index in [-0.39, 0.29) is 24.0 Å². The molecule has 0 bridgehead atoms. The van der Waals surface area contributed by atoms with Gasteiger partial charge in [-0.25, -0.2) is 4.79 Å². The molecule has 1 aromatic rings. The highest BCUT2D eigenvalue weighted by atomic mass is 16.7. The molecule has 0 aromatic heterocycles. The third-order valence-electron chi connectivity index (χ3n) is 6.90. The maximum absolute atomic E-state index is 12.7. The number of rotatable bonds is 4. The van der Waals surface area contributed by atoms with Gasteiger partial charge in [-0.1, -0.05) is 30.7 Å². The monoisotopic (exact) mass is 399 g/mol. The van der Waals surface area contributed by atoms with Gasteiger partial charge in [0.1, 0.15) is 5.60 Å². The number of ketones is 1. The summed E-state index contributed by atoms with van der Waals surface area (Å²) in [7, 11) is -0.455. The van der Waals surface area contributed by atoms with Gasteiger partial charge in [-0.05, 0) is 58.8 Å². The zero-order valence-electron chi connectivity index (χ0n) is 17.8. The Hall–Kier alpha value is -1.86. The number of Topliss-reactive ketones (excluding diaryl/α,β-unsaturated/α-hetero) is 1. The van der Waals surface area contributed by atoms with Crippen LogP contribution in [-0.2, 0) is 14.0 Å². The first-order valence-corrected chi connectivity index (χ1v) is 10.6. The highest BCUT2D eigenvalue weighted by molar-refractivity contribution is 6.62. The maximum Gasteiger partial charge on any atom is 0.494 e. The number of hydrogen-bond acceptors (Lipinski definition) is 5. The molecule has 0 N–H and O–H groups in total. The quantitative estimate of drug-likeness (QED) is 0.574. The van der Waals surface area contributed by atoms with Crippen molar-refractivity contribution in [2.75, 3.05) is 13.1 Å². The van der Waals surface area contributed by atoms with Gasteiger partial charge in [0.25, 0.3) is 0 Å². The van der Waals surface area contributed by atoms with Crippen molar-refractivity contribution in [3.8, 4) is 0 Å². The molecule has 4 rings (SSSR count). The van der Waals surface area contributed by atoms with Crippen LogP contribution in [0.5, 0.6) is 0 Å². The van der Waals surface area contributed by atoms with Crippen molar-refractivity contribution in [1.82, 2.24) is 4.90 Å². The molecule has 1 saturated carbocycles. The Kier molecular flexibility index (Phi) is 5.02. The molecule has 7 heteroatoms. The predicted octanol–water partition coefficient (Wildman–Crippen LogP) is 3.32. The van der Waals surface area contributed by atoms with Crippen molar-refractivity contribution >= 4 is 24.5 Å². The van der Waals surface area contributed by atoms with Crippen LogP contribution in [0.1, 0.15) is 70.2 Å². The third kappa shape index (κ3) is 3.82. The lowest BCUT2D eigenvalue weighted by Gasteiger charge is -2.32. The third-order valence-corrected chi connectivity index (χ3v) is 6.90. The Bertz CT molecular complexity index is 782. The zero-order valence-corrected chi connectivity index (χ0v) is 17.8. The molecule has 1 aromatic carbocycles. The van der Waals surface area contributed by atoms with E-state index >= 15 is 0 Å². The van der Waals surface area contributed by atoms with Crippen LogP contribution in [0, 0.1) is 0 Å². The first kappa shape index (κ1) is 20.4. The molecule has 1 aliphatic carbocycles. The van der Waals surface area contributed by atoms with Crippen LogP contribution < -0.4 is 5.46 Å². The molecular formula is C22H30BNO5. The summed E-state index contributed by atoms with van der Waals surface area (Å²) in [5.41, 5.74) is 0.259. The van der Waals surface area contributed by atoms with E-state index in [1.54, 1.807) is 17.0 Å². The van der Waals surface area contributed by atoms with E-state index < -0.39 is 18.3 Å². The Labute approximate surface area is 173 Å². The second-order valence-electron chi connectivity index (χ2n) is 9.60. The molecule has 2 saturated heterocycles. The van der Waals surface area contributed by atoms with Gasteiger partial charge in [0.2, 0.25) is 0 Å². The Morgan fingerprint density at radius 1 is 1.00 bits per heavy atom. The van der Waals surface area contributed by atoms with Crippen molar-refractivity contribution < 1.29 is 23.6 Å². The fourth-order valence-corrected chi connectivity index (χ4v) is 4.34. The topological polar surface area (TPSA) is 65.1 Å². The van der Waals surface area contributed by atoms with Crippen LogP contribution in [-0.4, -0.2) is 53.8 Å². The van der Waals surface area contributed by atoms with E-state index in [1.807, 2.05) is 39.8 Å².